The molecule has 18 heavy (non-hydrogen) atoms. The van der Waals surface area contributed by atoms with E-state index in [1.54, 1.807) is 0 Å². The molecule has 0 unspecified atom stereocenters. The third-order valence-corrected chi connectivity index (χ3v) is 3.06. The molecule has 0 spiro atoms. The van der Waals surface area contributed by atoms with Crippen molar-refractivity contribution >= 4 is 11.9 Å². The molecule has 0 aliphatic heterocycles. The summed E-state index contributed by atoms with van der Waals surface area (Å²) in [4.78, 5) is 24.3. The summed E-state index contributed by atoms with van der Waals surface area (Å²) >= 11 is 0. The lowest BCUT2D eigenvalue weighted by Gasteiger charge is -2.22. The van der Waals surface area contributed by atoms with Gasteiger partial charge in [0.15, 0.2) is 0 Å². The van der Waals surface area contributed by atoms with E-state index in [4.69, 9.17) is 5.11 Å². The minimum Gasteiger partial charge on any atom is -0.481 e. The van der Waals surface area contributed by atoms with Gasteiger partial charge in [0, 0.05) is 19.0 Å². The molecule has 96 valence electrons. The summed E-state index contributed by atoms with van der Waals surface area (Å²) in [7, 11) is 0. The molecule has 1 N–H and O–H groups in total. The van der Waals surface area contributed by atoms with Crippen LogP contribution in [0, 0.1) is 0 Å². The molecule has 1 aromatic carbocycles. The third-order valence-electron chi connectivity index (χ3n) is 3.06. The van der Waals surface area contributed by atoms with Gasteiger partial charge in [-0.05, 0) is 18.4 Å². The van der Waals surface area contributed by atoms with Gasteiger partial charge in [0.2, 0.25) is 5.91 Å². The van der Waals surface area contributed by atoms with E-state index < -0.39 is 5.97 Å². The first kappa shape index (κ1) is 12.6. The topological polar surface area (TPSA) is 57.6 Å². The molecule has 0 bridgehead atoms. The predicted octanol–water partition coefficient (Wildman–Crippen LogP) is 2.04. The second-order valence-corrected chi connectivity index (χ2v) is 4.63. The highest BCUT2D eigenvalue weighted by molar-refractivity contribution is 5.81. The van der Waals surface area contributed by atoms with Crippen LogP contribution in [0.3, 0.4) is 0 Å². The fourth-order valence-electron chi connectivity index (χ4n) is 1.94. The van der Waals surface area contributed by atoms with Crippen molar-refractivity contribution < 1.29 is 14.7 Å². The molecule has 1 fully saturated rings. The smallest absolute Gasteiger partial charge is 0.303 e. The highest BCUT2D eigenvalue weighted by Crippen LogP contribution is 2.29. The summed E-state index contributed by atoms with van der Waals surface area (Å²) in [5.41, 5.74) is 1.09. The zero-order valence-electron chi connectivity index (χ0n) is 10.2. The molecule has 0 saturated heterocycles. The quantitative estimate of drug-likeness (QED) is 0.837. The van der Waals surface area contributed by atoms with Gasteiger partial charge in [-0.25, -0.2) is 0 Å². The molecule has 1 aliphatic carbocycles. The van der Waals surface area contributed by atoms with Crippen molar-refractivity contribution in [2.45, 2.75) is 38.3 Å². The van der Waals surface area contributed by atoms with Crippen molar-refractivity contribution in [3.05, 3.63) is 35.9 Å². The lowest BCUT2D eigenvalue weighted by molar-refractivity contribution is -0.141. The van der Waals surface area contributed by atoms with Gasteiger partial charge in [-0.2, -0.15) is 0 Å². The molecule has 0 aromatic heterocycles. The van der Waals surface area contributed by atoms with Crippen molar-refractivity contribution in [2.75, 3.05) is 0 Å². The highest BCUT2D eigenvalue weighted by atomic mass is 16.4. The van der Waals surface area contributed by atoms with E-state index in [9.17, 15) is 9.59 Å². The van der Waals surface area contributed by atoms with E-state index in [0.29, 0.717) is 12.6 Å². The van der Waals surface area contributed by atoms with Crippen LogP contribution in [0.5, 0.6) is 0 Å². The van der Waals surface area contributed by atoms with Gasteiger partial charge >= 0.3 is 5.97 Å². The lowest BCUT2D eigenvalue weighted by Crippen LogP contribution is -2.32. The number of carbonyl (C=O) groups is 2. The van der Waals surface area contributed by atoms with Crippen LogP contribution in [0.2, 0.25) is 0 Å². The lowest BCUT2D eigenvalue weighted by atomic mass is 10.2. The fourth-order valence-corrected chi connectivity index (χ4v) is 1.94. The van der Waals surface area contributed by atoms with E-state index >= 15 is 0 Å². The monoisotopic (exact) mass is 247 g/mol. The number of aliphatic carboxylic acids is 1. The maximum absolute atomic E-state index is 12.0. The SMILES string of the molecule is O=C(O)CCC(=O)N(Cc1ccccc1)C1CC1. The second-order valence-electron chi connectivity index (χ2n) is 4.63. The summed E-state index contributed by atoms with van der Waals surface area (Å²) in [6.07, 6.45) is 2.08. The number of hydrogen-bond acceptors (Lipinski definition) is 2. The van der Waals surface area contributed by atoms with Crippen molar-refractivity contribution in [3.63, 3.8) is 0 Å². The molecule has 4 nitrogen and oxygen atoms in total. The first-order chi connectivity index (χ1) is 8.66. The van der Waals surface area contributed by atoms with E-state index in [2.05, 4.69) is 0 Å². The molecule has 1 amide bonds. The van der Waals surface area contributed by atoms with Crippen molar-refractivity contribution in [3.8, 4) is 0 Å². The van der Waals surface area contributed by atoms with Gasteiger partial charge in [-0.1, -0.05) is 30.3 Å². The number of carboxylic acids is 1. The summed E-state index contributed by atoms with van der Waals surface area (Å²) in [6, 6.07) is 10.1. The number of nitrogens with zero attached hydrogens (tertiary/aromatic N) is 1. The molecule has 1 aromatic rings. The molecule has 4 heteroatoms. The van der Waals surface area contributed by atoms with Crippen LogP contribution < -0.4 is 0 Å². The van der Waals surface area contributed by atoms with Crippen molar-refractivity contribution in [2.24, 2.45) is 0 Å². The molecule has 1 saturated carbocycles. The zero-order chi connectivity index (χ0) is 13.0. The van der Waals surface area contributed by atoms with E-state index in [0.717, 1.165) is 18.4 Å². The Kier molecular flexibility index (Phi) is 3.97. The maximum Gasteiger partial charge on any atom is 0.303 e. The average Bonchev–Trinajstić information content (AvgIpc) is 3.18. The largest absolute Gasteiger partial charge is 0.481 e. The summed E-state index contributed by atoms with van der Waals surface area (Å²) in [5, 5.41) is 8.62. The van der Waals surface area contributed by atoms with Gasteiger partial charge in [-0.3, -0.25) is 9.59 Å². The molecular formula is C14H17NO3. The van der Waals surface area contributed by atoms with Crippen LogP contribution in [0.15, 0.2) is 30.3 Å². The van der Waals surface area contributed by atoms with E-state index in [1.165, 1.54) is 0 Å². The minimum absolute atomic E-state index is 0.0521. The van der Waals surface area contributed by atoms with Gasteiger partial charge in [-0.15, -0.1) is 0 Å². The number of benzene rings is 1. The molecule has 2 rings (SSSR count). The third kappa shape index (κ3) is 3.58. The highest BCUT2D eigenvalue weighted by Gasteiger charge is 2.32. The zero-order valence-corrected chi connectivity index (χ0v) is 10.2. The Morgan fingerprint density at radius 2 is 1.83 bits per heavy atom. The van der Waals surface area contributed by atoms with Gasteiger partial charge in [0.1, 0.15) is 0 Å². The first-order valence-electron chi connectivity index (χ1n) is 6.22. The van der Waals surface area contributed by atoms with Crippen LogP contribution in [0.25, 0.3) is 0 Å². The number of carboxylic acid groups (broad SMARTS) is 1. The summed E-state index contributed by atoms with van der Waals surface area (Å²) in [5.74, 6) is -0.970. The number of rotatable bonds is 6. The van der Waals surface area contributed by atoms with E-state index in [1.807, 2.05) is 35.2 Å². The Balaban J connectivity index is 1.95. The Hall–Kier alpha value is -1.84. The Morgan fingerprint density at radius 1 is 1.17 bits per heavy atom. The van der Waals surface area contributed by atoms with Gasteiger partial charge in [0.25, 0.3) is 0 Å². The maximum atomic E-state index is 12.0. The molecule has 0 atom stereocenters. The average molecular weight is 247 g/mol. The Morgan fingerprint density at radius 3 is 2.39 bits per heavy atom. The van der Waals surface area contributed by atoms with Crippen molar-refractivity contribution in [1.29, 1.82) is 0 Å². The van der Waals surface area contributed by atoms with Crippen LogP contribution in [0.4, 0.5) is 0 Å². The van der Waals surface area contributed by atoms with Crippen LogP contribution in [-0.4, -0.2) is 27.9 Å². The van der Waals surface area contributed by atoms with Crippen LogP contribution in [-0.2, 0) is 16.1 Å². The molecular weight excluding hydrogens is 230 g/mol. The van der Waals surface area contributed by atoms with Gasteiger partial charge in [0.05, 0.1) is 6.42 Å². The van der Waals surface area contributed by atoms with E-state index in [-0.39, 0.29) is 18.7 Å². The fraction of sp³-hybridized carbons (Fsp3) is 0.429. The number of amides is 1. The molecule has 0 heterocycles. The second kappa shape index (κ2) is 5.67. The Labute approximate surface area is 106 Å². The molecule has 1 aliphatic rings. The number of hydrogen-bond donors (Lipinski definition) is 1. The number of carbonyl (C=O) groups excluding carboxylic acids is 1. The predicted molar refractivity (Wildman–Crippen MR) is 66.9 cm³/mol. The minimum atomic E-state index is -0.918. The van der Waals surface area contributed by atoms with Crippen molar-refractivity contribution in [1.82, 2.24) is 4.90 Å². The standard InChI is InChI=1S/C14H17NO3/c16-13(8-9-14(17)18)15(12-6-7-12)10-11-4-2-1-3-5-11/h1-5,12H,6-10H2,(H,17,18). The molecule has 0 radical (unpaired) electrons. The van der Waals surface area contributed by atoms with Gasteiger partial charge < -0.3 is 10.0 Å². The normalized spacial score (nSPS) is 14.2. The summed E-state index contributed by atoms with van der Waals surface area (Å²) in [6.45, 7) is 0.587. The van der Waals surface area contributed by atoms with Crippen LogP contribution >= 0.6 is 0 Å². The van der Waals surface area contributed by atoms with Crippen LogP contribution in [0.1, 0.15) is 31.2 Å². The Bertz CT molecular complexity index is 426. The summed E-state index contributed by atoms with van der Waals surface area (Å²) < 4.78 is 0. The first-order valence-corrected chi connectivity index (χ1v) is 6.22.